The summed E-state index contributed by atoms with van der Waals surface area (Å²) in [5, 5.41) is 0. The van der Waals surface area contributed by atoms with Crippen LogP contribution in [-0.2, 0) is 0 Å². The van der Waals surface area contributed by atoms with Crippen molar-refractivity contribution in [1.29, 1.82) is 0 Å². The quantitative estimate of drug-likeness (QED) is 0.770. The first-order chi connectivity index (χ1) is 7.59. The minimum atomic E-state index is 0.0212. The van der Waals surface area contributed by atoms with Crippen LogP contribution in [0.3, 0.4) is 0 Å². The lowest BCUT2D eigenvalue weighted by molar-refractivity contribution is 0.0827. The number of amides is 1. The van der Waals surface area contributed by atoms with Crippen LogP contribution in [0.1, 0.15) is 23.2 Å². The third-order valence-electron chi connectivity index (χ3n) is 2.85. The monoisotopic (exact) mass is 219 g/mol. The maximum Gasteiger partial charge on any atom is 0.253 e. The zero-order valence-electron chi connectivity index (χ0n) is 9.97. The van der Waals surface area contributed by atoms with Gasteiger partial charge in [0.1, 0.15) is 5.82 Å². The van der Waals surface area contributed by atoms with Crippen molar-refractivity contribution in [2.75, 3.05) is 26.0 Å². The van der Waals surface area contributed by atoms with Gasteiger partial charge in [0, 0.05) is 38.9 Å². The van der Waals surface area contributed by atoms with Crippen LogP contribution in [0.25, 0.3) is 0 Å². The number of anilines is 1. The fourth-order valence-corrected chi connectivity index (χ4v) is 1.65. The number of pyridine rings is 1. The van der Waals surface area contributed by atoms with Crippen LogP contribution < -0.4 is 4.90 Å². The lowest BCUT2D eigenvalue weighted by atomic mass is 10.2. The molecular formula is C12H17N3O. The van der Waals surface area contributed by atoms with E-state index < -0.39 is 0 Å². The summed E-state index contributed by atoms with van der Waals surface area (Å²) in [5.41, 5.74) is 0.697. The molecule has 0 unspecified atom stereocenters. The largest absolute Gasteiger partial charge is 0.357 e. The third kappa shape index (κ3) is 2.15. The standard InChI is InChI=1S/C12H17N3O/c1-14(2)12(16)9-6-7-13-11(8-9)15(3)10-4-5-10/h6-8,10H,4-5H2,1-3H3. The van der Waals surface area contributed by atoms with Gasteiger partial charge in [-0.1, -0.05) is 0 Å². The molecule has 1 fully saturated rings. The topological polar surface area (TPSA) is 36.4 Å². The lowest BCUT2D eigenvalue weighted by Crippen LogP contribution is -2.24. The number of rotatable bonds is 3. The molecule has 0 radical (unpaired) electrons. The van der Waals surface area contributed by atoms with Crippen molar-refractivity contribution in [2.45, 2.75) is 18.9 Å². The van der Waals surface area contributed by atoms with E-state index in [9.17, 15) is 4.79 Å². The summed E-state index contributed by atoms with van der Waals surface area (Å²) < 4.78 is 0. The summed E-state index contributed by atoms with van der Waals surface area (Å²) in [6, 6.07) is 4.23. The van der Waals surface area contributed by atoms with Crippen molar-refractivity contribution in [2.24, 2.45) is 0 Å². The second kappa shape index (κ2) is 4.12. The maximum atomic E-state index is 11.8. The van der Waals surface area contributed by atoms with Gasteiger partial charge in [0.05, 0.1) is 0 Å². The molecule has 2 rings (SSSR count). The van der Waals surface area contributed by atoms with Crippen LogP contribution in [0.15, 0.2) is 18.3 Å². The van der Waals surface area contributed by atoms with Gasteiger partial charge in [-0.05, 0) is 25.0 Å². The number of hydrogen-bond acceptors (Lipinski definition) is 3. The van der Waals surface area contributed by atoms with E-state index in [0.717, 1.165) is 5.82 Å². The zero-order valence-corrected chi connectivity index (χ0v) is 9.97. The van der Waals surface area contributed by atoms with Crippen LogP contribution in [0.2, 0.25) is 0 Å². The summed E-state index contributed by atoms with van der Waals surface area (Å²) in [7, 11) is 5.55. The lowest BCUT2D eigenvalue weighted by Gasteiger charge is -2.18. The van der Waals surface area contributed by atoms with E-state index in [1.807, 2.05) is 13.1 Å². The van der Waals surface area contributed by atoms with Gasteiger partial charge in [-0.15, -0.1) is 0 Å². The second-order valence-corrected chi connectivity index (χ2v) is 4.44. The molecule has 1 aliphatic carbocycles. The van der Waals surface area contributed by atoms with E-state index in [2.05, 4.69) is 9.88 Å². The molecule has 1 aromatic rings. The average molecular weight is 219 g/mol. The fourth-order valence-electron chi connectivity index (χ4n) is 1.65. The predicted octanol–water partition coefficient (Wildman–Crippen LogP) is 1.38. The molecule has 86 valence electrons. The van der Waals surface area contributed by atoms with Crippen molar-refractivity contribution in [3.8, 4) is 0 Å². The van der Waals surface area contributed by atoms with E-state index in [4.69, 9.17) is 0 Å². The van der Waals surface area contributed by atoms with Crippen LogP contribution in [0.4, 0.5) is 5.82 Å². The Bertz CT molecular complexity index is 399. The SMILES string of the molecule is CN(C)C(=O)c1ccnc(N(C)C2CC2)c1. The molecule has 1 aliphatic rings. The molecule has 0 aromatic carbocycles. The molecule has 1 saturated carbocycles. The number of carbonyl (C=O) groups is 1. The van der Waals surface area contributed by atoms with Crippen molar-refractivity contribution >= 4 is 11.7 Å². The number of nitrogens with zero attached hydrogens (tertiary/aromatic N) is 3. The first-order valence-electron chi connectivity index (χ1n) is 5.50. The van der Waals surface area contributed by atoms with Crippen molar-refractivity contribution in [3.05, 3.63) is 23.9 Å². The van der Waals surface area contributed by atoms with E-state index in [0.29, 0.717) is 11.6 Å². The first kappa shape index (κ1) is 10.9. The van der Waals surface area contributed by atoms with Crippen LogP contribution in [-0.4, -0.2) is 43.0 Å². The summed E-state index contributed by atoms with van der Waals surface area (Å²) >= 11 is 0. The fraction of sp³-hybridized carbons (Fsp3) is 0.500. The Morgan fingerprint density at radius 1 is 1.38 bits per heavy atom. The highest BCUT2D eigenvalue weighted by molar-refractivity contribution is 5.94. The van der Waals surface area contributed by atoms with E-state index in [1.165, 1.54) is 12.8 Å². The highest BCUT2D eigenvalue weighted by Crippen LogP contribution is 2.29. The Labute approximate surface area is 95.9 Å². The van der Waals surface area contributed by atoms with Gasteiger partial charge in [0.25, 0.3) is 5.91 Å². The summed E-state index contributed by atoms with van der Waals surface area (Å²) in [6.07, 6.45) is 4.15. The number of aromatic nitrogens is 1. The average Bonchev–Trinajstić information content (AvgIpc) is 3.11. The van der Waals surface area contributed by atoms with Gasteiger partial charge >= 0.3 is 0 Å². The minimum absolute atomic E-state index is 0.0212. The van der Waals surface area contributed by atoms with Gasteiger partial charge in [-0.2, -0.15) is 0 Å². The molecule has 1 amide bonds. The molecule has 1 heterocycles. The number of hydrogen-bond donors (Lipinski definition) is 0. The molecule has 4 heteroatoms. The first-order valence-corrected chi connectivity index (χ1v) is 5.50. The Hall–Kier alpha value is -1.58. The normalized spacial score (nSPS) is 14.7. The third-order valence-corrected chi connectivity index (χ3v) is 2.85. The summed E-state index contributed by atoms with van der Waals surface area (Å²) in [4.78, 5) is 19.8. The Morgan fingerprint density at radius 3 is 2.62 bits per heavy atom. The Morgan fingerprint density at radius 2 is 2.06 bits per heavy atom. The second-order valence-electron chi connectivity index (χ2n) is 4.44. The summed E-state index contributed by atoms with van der Waals surface area (Å²) in [5.74, 6) is 0.906. The van der Waals surface area contributed by atoms with E-state index >= 15 is 0 Å². The summed E-state index contributed by atoms with van der Waals surface area (Å²) in [6.45, 7) is 0. The molecular weight excluding hydrogens is 202 g/mol. The van der Waals surface area contributed by atoms with Crippen LogP contribution in [0, 0.1) is 0 Å². The maximum absolute atomic E-state index is 11.8. The van der Waals surface area contributed by atoms with Crippen LogP contribution in [0.5, 0.6) is 0 Å². The smallest absolute Gasteiger partial charge is 0.253 e. The van der Waals surface area contributed by atoms with Gasteiger partial charge in [-0.25, -0.2) is 4.98 Å². The minimum Gasteiger partial charge on any atom is -0.357 e. The highest BCUT2D eigenvalue weighted by Gasteiger charge is 2.27. The predicted molar refractivity (Wildman–Crippen MR) is 63.7 cm³/mol. The number of carbonyl (C=O) groups excluding carboxylic acids is 1. The van der Waals surface area contributed by atoms with Gasteiger partial charge in [0.15, 0.2) is 0 Å². The van der Waals surface area contributed by atoms with Crippen molar-refractivity contribution in [1.82, 2.24) is 9.88 Å². The van der Waals surface area contributed by atoms with Gasteiger partial charge < -0.3 is 9.80 Å². The molecule has 0 spiro atoms. The molecule has 0 atom stereocenters. The molecule has 0 bridgehead atoms. The van der Waals surface area contributed by atoms with Crippen LogP contribution >= 0.6 is 0 Å². The molecule has 0 N–H and O–H groups in total. The molecule has 4 nitrogen and oxygen atoms in total. The van der Waals surface area contributed by atoms with Crippen molar-refractivity contribution in [3.63, 3.8) is 0 Å². The molecule has 1 aromatic heterocycles. The molecule has 0 saturated heterocycles. The molecule has 16 heavy (non-hydrogen) atoms. The van der Waals surface area contributed by atoms with Gasteiger partial charge in [0.2, 0.25) is 0 Å². The Balaban J connectivity index is 2.21. The highest BCUT2D eigenvalue weighted by atomic mass is 16.2. The van der Waals surface area contributed by atoms with Gasteiger partial charge in [-0.3, -0.25) is 4.79 Å². The van der Waals surface area contributed by atoms with Crippen molar-refractivity contribution < 1.29 is 4.79 Å². The zero-order chi connectivity index (χ0) is 11.7. The van der Waals surface area contributed by atoms with E-state index in [-0.39, 0.29) is 5.91 Å². The molecule has 0 aliphatic heterocycles. The Kier molecular flexibility index (Phi) is 2.81. The van der Waals surface area contributed by atoms with E-state index in [1.54, 1.807) is 31.3 Å².